The van der Waals surface area contributed by atoms with Crippen molar-refractivity contribution in [2.45, 2.75) is 44.6 Å². The second kappa shape index (κ2) is 7.65. The molecule has 1 unspecified atom stereocenters. The van der Waals surface area contributed by atoms with Crippen molar-refractivity contribution in [3.05, 3.63) is 0 Å². The van der Waals surface area contributed by atoms with Gasteiger partial charge in [-0.25, -0.2) is 0 Å². The summed E-state index contributed by atoms with van der Waals surface area (Å²) < 4.78 is 5.38. The smallest absolute Gasteiger partial charge is 0.217 e. The number of ether oxygens (including phenoxy) is 1. The molecule has 1 saturated heterocycles. The lowest BCUT2D eigenvalue weighted by Gasteiger charge is -2.14. The van der Waals surface area contributed by atoms with Crippen molar-refractivity contribution in [1.29, 1.82) is 0 Å². The summed E-state index contributed by atoms with van der Waals surface area (Å²) in [5.41, 5.74) is 5.06. The summed E-state index contributed by atoms with van der Waals surface area (Å²) in [6.45, 7) is 2.76. The van der Waals surface area contributed by atoms with Crippen molar-refractivity contribution in [1.82, 2.24) is 5.32 Å². The molecular weight excluding hydrogens is 192 g/mol. The Kier molecular flexibility index (Phi) is 6.36. The van der Waals surface area contributed by atoms with E-state index in [-0.39, 0.29) is 5.91 Å². The molecule has 4 nitrogen and oxygen atoms in total. The number of carbonyl (C=O) groups excluding carboxylic acids is 1. The molecule has 0 spiro atoms. The topological polar surface area (TPSA) is 64.4 Å². The molecule has 1 fully saturated rings. The van der Waals surface area contributed by atoms with Crippen LogP contribution in [0.4, 0.5) is 0 Å². The Labute approximate surface area is 91.5 Å². The van der Waals surface area contributed by atoms with Crippen molar-refractivity contribution in [2.75, 3.05) is 19.8 Å². The fourth-order valence-corrected chi connectivity index (χ4v) is 1.84. The maximum absolute atomic E-state index is 10.5. The van der Waals surface area contributed by atoms with Crippen LogP contribution >= 0.6 is 0 Å². The van der Waals surface area contributed by atoms with Crippen LogP contribution in [0, 0.1) is 0 Å². The largest absolute Gasteiger partial charge is 0.381 e. The van der Waals surface area contributed by atoms with Gasteiger partial charge in [0.2, 0.25) is 5.91 Å². The number of hydrogen-bond donors (Lipinski definition) is 2. The highest BCUT2D eigenvalue weighted by atomic mass is 16.5. The molecule has 1 aliphatic rings. The molecule has 0 bridgehead atoms. The molecule has 0 aliphatic carbocycles. The van der Waals surface area contributed by atoms with Crippen LogP contribution in [-0.2, 0) is 9.53 Å². The second-order valence-corrected chi connectivity index (χ2v) is 4.12. The molecule has 3 N–H and O–H groups in total. The molecule has 15 heavy (non-hydrogen) atoms. The standard InChI is InChI=1S/C11H22N2O2/c12-11(14)5-1-2-7-13-10-4-3-8-15-9-6-10/h10,13H,1-9H2,(H2,12,14). The first-order chi connectivity index (χ1) is 7.29. The van der Waals surface area contributed by atoms with E-state index >= 15 is 0 Å². The zero-order chi connectivity index (χ0) is 10.9. The molecule has 1 heterocycles. The van der Waals surface area contributed by atoms with Crippen LogP contribution in [0.2, 0.25) is 0 Å². The molecule has 88 valence electrons. The summed E-state index contributed by atoms with van der Waals surface area (Å²) in [6.07, 6.45) is 5.89. The third-order valence-corrected chi connectivity index (χ3v) is 2.73. The normalized spacial score (nSPS) is 22.3. The number of unbranched alkanes of at least 4 members (excludes halogenated alkanes) is 1. The Morgan fingerprint density at radius 1 is 1.33 bits per heavy atom. The Morgan fingerprint density at radius 2 is 2.20 bits per heavy atom. The highest BCUT2D eigenvalue weighted by Gasteiger charge is 2.10. The van der Waals surface area contributed by atoms with Gasteiger partial charge in [0, 0.05) is 25.7 Å². The van der Waals surface area contributed by atoms with Gasteiger partial charge >= 0.3 is 0 Å². The van der Waals surface area contributed by atoms with Crippen LogP contribution in [-0.4, -0.2) is 31.7 Å². The van der Waals surface area contributed by atoms with E-state index in [1.54, 1.807) is 0 Å². The predicted molar refractivity (Wildman–Crippen MR) is 59.5 cm³/mol. The van der Waals surface area contributed by atoms with Crippen molar-refractivity contribution in [2.24, 2.45) is 5.73 Å². The highest BCUT2D eigenvalue weighted by Crippen LogP contribution is 2.08. The number of amides is 1. The monoisotopic (exact) mass is 214 g/mol. The average molecular weight is 214 g/mol. The predicted octanol–water partition coefficient (Wildman–Crippen LogP) is 0.801. The lowest BCUT2D eigenvalue weighted by Crippen LogP contribution is -2.30. The Hall–Kier alpha value is -0.610. The number of rotatable bonds is 6. The van der Waals surface area contributed by atoms with Crippen molar-refractivity contribution < 1.29 is 9.53 Å². The van der Waals surface area contributed by atoms with E-state index in [9.17, 15) is 4.79 Å². The zero-order valence-electron chi connectivity index (χ0n) is 9.34. The van der Waals surface area contributed by atoms with Gasteiger partial charge in [-0.1, -0.05) is 0 Å². The van der Waals surface area contributed by atoms with E-state index in [4.69, 9.17) is 10.5 Å². The van der Waals surface area contributed by atoms with Crippen LogP contribution in [0.25, 0.3) is 0 Å². The maximum atomic E-state index is 10.5. The summed E-state index contributed by atoms with van der Waals surface area (Å²) in [4.78, 5) is 10.5. The van der Waals surface area contributed by atoms with Crippen molar-refractivity contribution in [3.8, 4) is 0 Å². The van der Waals surface area contributed by atoms with Crippen LogP contribution in [0.15, 0.2) is 0 Å². The Bertz CT molecular complexity index is 177. The molecule has 1 aliphatic heterocycles. The second-order valence-electron chi connectivity index (χ2n) is 4.12. The quantitative estimate of drug-likeness (QED) is 0.643. The Morgan fingerprint density at radius 3 is 3.00 bits per heavy atom. The number of hydrogen-bond acceptors (Lipinski definition) is 3. The maximum Gasteiger partial charge on any atom is 0.217 e. The zero-order valence-corrected chi connectivity index (χ0v) is 9.34. The summed E-state index contributed by atoms with van der Waals surface area (Å²) in [5, 5.41) is 3.50. The van der Waals surface area contributed by atoms with Gasteiger partial charge in [-0.3, -0.25) is 4.79 Å². The van der Waals surface area contributed by atoms with E-state index in [1.165, 1.54) is 6.42 Å². The molecule has 0 saturated carbocycles. The van der Waals surface area contributed by atoms with Gasteiger partial charge in [0.15, 0.2) is 0 Å². The molecule has 0 aromatic carbocycles. The minimum atomic E-state index is -0.196. The molecular formula is C11H22N2O2. The van der Waals surface area contributed by atoms with Gasteiger partial charge in [-0.2, -0.15) is 0 Å². The third-order valence-electron chi connectivity index (χ3n) is 2.73. The van der Waals surface area contributed by atoms with E-state index < -0.39 is 0 Å². The van der Waals surface area contributed by atoms with Crippen molar-refractivity contribution in [3.63, 3.8) is 0 Å². The fourth-order valence-electron chi connectivity index (χ4n) is 1.84. The van der Waals surface area contributed by atoms with Crippen molar-refractivity contribution >= 4 is 5.91 Å². The summed E-state index contributed by atoms with van der Waals surface area (Å²) >= 11 is 0. The number of carbonyl (C=O) groups is 1. The highest BCUT2D eigenvalue weighted by molar-refractivity contribution is 5.73. The fraction of sp³-hybridized carbons (Fsp3) is 0.909. The molecule has 1 atom stereocenters. The molecule has 0 aromatic heterocycles. The molecule has 0 radical (unpaired) electrons. The summed E-state index contributed by atoms with van der Waals surface area (Å²) in [6, 6.07) is 0.598. The van der Waals surface area contributed by atoms with E-state index in [0.29, 0.717) is 12.5 Å². The number of nitrogens with one attached hydrogen (secondary N) is 1. The van der Waals surface area contributed by atoms with Gasteiger partial charge in [-0.15, -0.1) is 0 Å². The molecule has 0 aromatic rings. The first-order valence-electron chi connectivity index (χ1n) is 5.88. The van der Waals surface area contributed by atoms with E-state index in [0.717, 1.165) is 45.4 Å². The van der Waals surface area contributed by atoms with Gasteiger partial charge in [-0.05, 0) is 38.6 Å². The van der Waals surface area contributed by atoms with Gasteiger partial charge in [0.1, 0.15) is 0 Å². The molecule has 1 rings (SSSR count). The van der Waals surface area contributed by atoms with Gasteiger partial charge in [0.25, 0.3) is 0 Å². The summed E-state index contributed by atoms with van der Waals surface area (Å²) in [5.74, 6) is -0.196. The molecule has 1 amide bonds. The first kappa shape index (κ1) is 12.5. The van der Waals surface area contributed by atoms with Gasteiger partial charge < -0.3 is 15.8 Å². The van der Waals surface area contributed by atoms with Crippen LogP contribution in [0.5, 0.6) is 0 Å². The number of primary amides is 1. The minimum Gasteiger partial charge on any atom is -0.381 e. The lowest BCUT2D eigenvalue weighted by atomic mass is 10.1. The SMILES string of the molecule is NC(=O)CCCCNC1CCCOCC1. The first-order valence-corrected chi connectivity index (χ1v) is 5.88. The molecule has 4 heteroatoms. The lowest BCUT2D eigenvalue weighted by molar-refractivity contribution is -0.118. The van der Waals surface area contributed by atoms with E-state index in [2.05, 4.69) is 5.32 Å². The number of nitrogens with two attached hydrogens (primary N) is 1. The summed E-state index contributed by atoms with van der Waals surface area (Å²) in [7, 11) is 0. The van der Waals surface area contributed by atoms with Crippen LogP contribution in [0.3, 0.4) is 0 Å². The third kappa shape index (κ3) is 6.47. The van der Waals surface area contributed by atoms with Crippen LogP contribution in [0.1, 0.15) is 38.5 Å². The Balaban J connectivity index is 1.96. The minimum absolute atomic E-state index is 0.196. The van der Waals surface area contributed by atoms with Crippen LogP contribution < -0.4 is 11.1 Å². The average Bonchev–Trinajstić information content (AvgIpc) is 2.45. The van der Waals surface area contributed by atoms with Gasteiger partial charge in [0.05, 0.1) is 0 Å². The van der Waals surface area contributed by atoms with E-state index in [1.807, 2.05) is 0 Å².